The second-order valence-electron chi connectivity index (χ2n) is 0. The van der Waals surface area contributed by atoms with E-state index in [2.05, 4.69) is 0 Å². The molecule has 0 aliphatic rings. The van der Waals surface area contributed by atoms with E-state index in [1.54, 1.807) is 0 Å². The summed E-state index contributed by atoms with van der Waals surface area (Å²) >= 11 is 0. The van der Waals surface area contributed by atoms with Gasteiger partial charge in [0.25, 0.3) is 0 Å². The number of rotatable bonds is 0. The SMILES string of the molecule is O.O.O.O.O.O.[Mo].[Mo]. The van der Waals surface area contributed by atoms with Gasteiger partial charge in [-0.3, -0.25) is 0 Å². The molecule has 0 aromatic rings. The molecule has 0 aliphatic heterocycles. The molecule has 8 heavy (non-hydrogen) atoms. The Labute approximate surface area is 75.0 Å². The molecule has 6 nitrogen and oxygen atoms in total. The summed E-state index contributed by atoms with van der Waals surface area (Å²) in [5, 5.41) is 0. The molecule has 0 saturated heterocycles. The van der Waals surface area contributed by atoms with Crippen LogP contribution >= 0.6 is 0 Å². The fourth-order valence-corrected chi connectivity index (χ4v) is 0. The van der Waals surface area contributed by atoms with Gasteiger partial charge in [-0.05, 0) is 0 Å². The molecule has 0 saturated carbocycles. The van der Waals surface area contributed by atoms with Crippen molar-refractivity contribution < 1.29 is 75.0 Å². The van der Waals surface area contributed by atoms with Crippen LogP contribution in [0, 0.1) is 0 Å². The van der Waals surface area contributed by atoms with Crippen LogP contribution in [-0.2, 0) is 42.1 Å². The van der Waals surface area contributed by atoms with E-state index >= 15 is 0 Å². The standard InChI is InChI=1S/2Mo.6H2O/h;;6*1H2. The van der Waals surface area contributed by atoms with Gasteiger partial charge in [-0.1, -0.05) is 0 Å². The molecule has 0 fully saturated rings. The first-order valence-electron chi connectivity index (χ1n) is 0. The Hall–Kier alpha value is 1.14. The minimum Gasteiger partial charge on any atom is -0.412 e. The zero-order valence-electron chi connectivity index (χ0n) is 3.82. The van der Waals surface area contributed by atoms with Crippen molar-refractivity contribution in [3.8, 4) is 0 Å². The third-order valence-electron chi connectivity index (χ3n) is 0. The molecule has 0 aromatic heterocycles. The van der Waals surface area contributed by atoms with Crippen LogP contribution in [0.25, 0.3) is 0 Å². The molecular weight excluding hydrogens is 288 g/mol. The van der Waals surface area contributed by atoms with E-state index in [9.17, 15) is 0 Å². The average molecular weight is 300 g/mol. The van der Waals surface area contributed by atoms with Crippen LogP contribution < -0.4 is 0 Å². The first-order chi connectivity index (χ1) is 0. The average Bonchev–Trinajstić information content (AvgIpc) is 0. The predicted molar refractivity (Wildman–Crippen MR) is 21.7 cm³/mol. The van der Waals surface area contributed by atoms with E-state index in [1.165, 1.54) is 0 Å². The van der Waals surface area contributed by atoms with Gasteiger partial charge >= 0.3 is 0 Å². The van der Waals surface area contributed by atoms with Gasteiger partial charge in [-0.2, -0.15) is 0 Å². The molecule has 0 spiro atoms. The minimum absolute atomic E-state index is 0. The summed E-state index contributed by atoms with van der Waals surface area (Å²) < 4.78 is 0. The van der Waals surface area contributed by atoms with E-state index in [1.807, 2.05) is 0 Å². The summed E-state index contributed by atoms with van der Waals surface area (Å²) in [6.07, 6.45) is 0. The van der Waals surface area contributed by atoms with Crippen LogP contribution in [-0.4, -0.2) is 32.9 Å². The van der Waals surface area contributed by atoms with Gasteiger partial charge in [0.1, 0.15) is 0 Å². The Morgan fingerprint density at radius 1 is 0.250 bits per heavy atom. The predicted octanol–water partition coefficient (Wildman–Crippen LogP) is -4.95. The van der Waals surface area contributed by atoms with Crippen LogP contribution in [0.1, 0.15) is 0 Å². The van der Waals surface area contributed by atoms with Gasteiger partial charge in [-0.25, -0.2) is 0 Å². The summed E-state index contributed by atoms with van der Waals surface area (Å²) in [7, 11) is 0. The summed E-state index contributed by atoms with van der Waals surface area (Å²) in [5.74, 6) is 0. The molecule has 0 atom stereocenters. The van der Waals surface area contributed by atoms with Crippen molar-refractivity contribution in [2.75, 3.05) is 0 Å². The van der Waals surface area contributed by atoms with Crippen molar-refractivity contribution in [2.24, 2.45) is 0 Å². The van der Waals surface area contributed by atoms with Crippen LogP contribution in [0.15, 0.2) is 0 Å². The maximum atomic E-state index is 0. The normalized spacial score (nSPS) is 0. The number of hydrogen-bond donors (Lipinski definition) is 0. The zero-order chi connectivity index (χ0) is 0. The van der Waals surface area contributed by atoms with E-state index in [0.29, 0.717) is 0 Å². The molecule has 0 heterocycles. The Morgan fingerprint density at radius 2 is 0.250 bits per heavy atom. The number of hydrogen-bond acceptors (Lipinski definition) is 0. The Bertz CT molecular complexity index is 6.49. The van der Waals surface area contributed by atoms with Gasteiger partial charge < -0.3 is 32.9 Å². The van der Waals surface area contributed by atoms with Crippen molar-refractivity contribution in [2.45, 2.75) is 0 Å². The smallest absolute Gasteiger partial charge is 0 e. The van der Waals surface area contributed by atoms with Crippen LogP contribution in [0.2, 0.25) is 0 Å². The van der Waals surface area contributed by atoms with Crippen molar-refractivity contribution in [1.82, 2.24) is 0 Å². The van der Waals surface area contributed by atoms with Crippen LogP contribution in [0.3, 0.4) is 0 Å². The van der Waals surface area contributed by atoms with E-state index in [0.717, 1.165) is 0 Å². The molecular formula is H12Mo2O6. The van der Waals surface area contributed by atoms with Crippen molar-refractivity contribution in [3.63, 3.8) is 0 Å². The maximum absolute atomic E-state index is 0. The van der Waals surface area contributed by atoms with Gasteiger partial charge in [0, 0.05) is 42.1 Å². The summed E-state index contributed by atoms with van der Waals surface area (Å²) in [6.45, 7) is 0. The third kappa shape index (κ3) is 208. The quantitative estimate of drug-likeness (QED) is 0.387. The largest absolute Gasteiger partial charge is 0.412 e. The Balaban J connectivity index is 0. The second-order valence-corrected chi connectivity index (χ2v) is 0. The topological polar surface area (TPSA) is 189 Å². The monoisotopic (exact) mass is 304 g/mol. The van der Waals surface area contributed by atoms with E-state index < -0.39 is 0 Å². The van der Waals surface area contributed by atoms with Gasteiger partial charge in [0.15, 0.2) is 0 Å². The van der Waals surface area contributed by atoms with Crippen LogP contribution in [0.5, 0.6) is 0 Å². The summed E-state index contributed by atoms with van der Waals surface area (Å²) in [5.41, 5.74) is 0. The Morgan fingerprint density at radius 3 is 0.250 bits per heavy atom. The van der Waals surface area contributed by atoms with Crippen molar-refractivity contribution in [3.05, 3.63) is 0 Å². The Kier molecular flexibility index (Phi) is 18800. The van der Waals surface area contributed by atoms with Crippen LogP contribution in [0.4, 0.5) is 0 Å². The van der Waals surface area contributed by atoms with Crippen molar-refractivity contribution >= 4 is 0 Å². The molecule has 0 aromatic carbocycles. The molecule has 0 amide bonds. The van der Waals surface area contributed by atoms with Gasteiger partial charge in [-0.15, -0.1) is 0 Å². The molecule has 0 unspecified atom stereocenters. The van der Waals surface area contributed by atoms with Gasteiger partial charge in [0.2, 0.25) is 0 Å². The fourth-order valence-electron chi connectivity index (χ4n) is 0. The molecule has 0 aliphatic carbocycles. The first-order valence-corrected chi connectivity index (χ1v) is 0. The maximum Gasteiger partial charge on any atom is 0 e. The van der Waals surface area contributed by atoms with Gasteiger partial charge in [0.05, 0.1) is 0 Å². The molecule has 0 rings (SSSR count). The third-order valence-corrected chi connectivity index (χ3v) is 0. The van der Waals surface area contributed by atoms with E-state index in [4.69, 9.17) is 0 Å². The minimum atomic E-state index is 0. The molecule has 0 bridgehead atoms. The first kappa shape index (κ1) is 468. The molecule has 0 radical (unpaired) electrons. The van der Waals surface area contributed by atoms with Crippen molar-refractivity contribution in [1.29, 1.82) is 0 Å². The molecule has 60 valence electrons. The molecule has 8 heteroatoms. The summed E-state index contributed by atoms with van der Waals surface area (Å²) in [6, 6.07) is 0. The fraction of sp³-hybridized carbons (Fsp3) is 0. The van der Waals surface area contributed by atoms with E-state index in [-0.39, 0.29) is 75.0 Å². The second kappa shape index (κ2) is 321. The molecule has 12 N–H and O–H groups in total. The zero-order valence-corrected chi connectivity index (χ0v) is 7.83. The summed E-state index contributed by atoms with van der Waals surface area (Å²) in [4.78, 5) is 0.